The molecule has 1 atom stereocenters. The predicted molar refractivity (Wildman–Crippen MR) is 76.4 cm³/mol. The van der Waals surface area contributed by atoms with Gasteiger partial charge in [-0.15, -0.1) is 0 Å². The van der Waals surface area contributed by atoms with Gasteiger partial charge in [0.15, 0.2) is 0 Å². The Morgan fingerprint density at radius 3 is 2.39 bits per heavy atom. The van der Waals surface area contributed by atoms with Crippen molar-refractivity contribution < 1.29 is 4.21 Å². The molecule has 0 heterocycles. The van der Waals surface area contributed by atoms with E-state index in [9.17, 15) is 4.21 Å². The summed E-state index contributed by atoms with van der Waals surface area (Å²) < 4.78 is 12.1. The Hall–Kier alpha value is -0.560. The fourth-order valence-corrected chi connectivity index (χ4v) is 3.60. The van der Waals surface area contributed by atoms with E-state index < -0.39 is 10.8 Å². The van der Waals surface area contributed by atoms with Crippen LogP contribution in [0.2, 0.25) is 10.0 Å². The summed E-state index contributed by atoms with van der Waals surface area (Å²) in [5.74, 6) is 0.467. The van der Waals surface area contributed by atoms with Gasteiger partial charge < -0.3 is 0 Å². The second-order valence-corrected chi connectivity index (χ2v) is 7.02. The van der Waals surface area contributed by atoms with Crippen LogP contribution < -0.4 is 0 Å². The molecule has 0 bridgehead atoms. The summed E-state index contributed by atoms with van der Waals surface area (Å²) in [6.45, 7) is 3.75. The van der Waals surface area contributed by atoms with Crippen LogP contribution in [0.1, 0.15) is 26.7 Å². The first-order chi connectivity index (χ1) is 8.37. The van der Waals surface area contributed by atoms with E-state index in [0.717, 1.165) is 0 Å². The zero-order chi connectivity index (χ0) is 13.8. The summed E-state index contributed by atoms with van der Waals surface area (Å²) in [6, 6.07) is 7.31. The number of hydrogen-bond acceptors (Lipinski definition) is 2. The Kier molecular flexibility index (Phi) is 5.65. The number of rotatable bonds is 5. The highest BCUT2D eigenvalue weighted by molar-refractivity contribution is 7.85. The van der Waals surface area contributed by atoms with Gasteiger partial charge in [0.05, 0.1) is 37.2 Å². The van der Waals surface area contributed by atoms with Crippen LogP contribution in [0.5, 0.6) is 0 Å². The molecule has 2 nitrogen and oxygen atoms in total. The van der Waals surface area contributed by atoms with Crippen LogP contribution in [0.4, 0.5) is 0 Å². The highest BCUT2D eigenvalue weighted by Gasteiger charge is 2.18. The third-order valence-electron chi connectivity index (χ3n) is 2.58. The lowest BCUT2D eigenvalue weighted by Crippen LogP contribution is -2.10. The standard InChI is InChI=1S/C13H15Cl2NOS/c1-13(2,9-16)7-4-8-18(17)12-10(14)5-3-6-11(12)15/h3,5-6H,4,7-8H2,1-2H3. The molecular weight excluding hydrogens is 289 g/mol. The van der Waals surface area contributed by atoms with Gasteiger partial charge >= 0.3 is 0 Å². The van der Waals surface area contributed by atoms with Crippen molar-refractivity contribution in [2.45, 2.75) is 31.6 Å². The van der Waals surface area contributed by atoms with Crippen LogP contribution in [-0.2, 0) is 10.8 Å². The van der Waals surface area contributed by atoms with Gasteiger partial charge in [0.2, 0.25) is 0 Å². The first kappa shape index (κ1) is 15.5. The lowest BCUT2D eigenvalue weighted by molar-refractivity contribution is 0.447. The maximum atomic E-state index is 12.1. The van der Waals surface area contributed by atoms with Crippen molar-refractivity contribution in [3.8, 4) is 6.07 Å². The smallest absolute Gasteiger partial charge is 0.0760 e. The molecule has 0 radical (unpaired) electrons. The van der Waals surface area contributed by atoms with Crippen molar-refractivity contribution in [3.05, 3.63) is 28.2 Å². The number of hydrogen-bond donors (Lipinski definition) is 0. The van der Waals surface area contributed by atoms with Gasteiger partial charge in [-0.3, -0.25) is 4.21 Å². The molecule has 1 unspecified atom stereocenters. The second-order valence-electron chi connectivity index (χ2n) is 4.70. The summed E-state index contributed by atoms with van der Waals surface area (Å²) in [5, 5.41) is 9.76. The van der Waals surface area contributed by atoms with Crippen molar-refractivity contribution in [2.24, 2.45) is 5.41 Å². The zero-order valence-corrected chi connectivity index (χ0v) is 12.7. The van der Waals surface area contributed by atoms with E-state index in [4.69, 9.17) is 28.5 Å². The molecular formula is C13H15Cl2NOS. The fourth-order valence-electron chi connectivity index (χ4n) is 1.50. The summed E-state index contributed by atoms with van der Waals surface area (Å²) in [7, 11) is -1.22. The van der Waals surface area contributed by atoms with Crippen LogP contribution in [0, 0.1) is 16.7 Å². The first-order valence-electron chi connectivity index (χ1n) is 5.61. The normalized spacial score (nSPS) is 13.1. The molecule has 18 heavy (non-hydrogen) atoms. The minimum absolute atomic E-state index is 0.380. The van der Waals surface area contributed by atoms with Crippen molar-refractivity contribution in [3.63, 3.8) is 0 Å². The maximum absolute atomic E-state index is 12.1. The van der Waals surface area contributed by atoms with Crippen molar-refractivity contribution in [2.75, 3.05) is 5.75 Å². The van der Waals surface area contributed by atoms with E-state index in [1.807, 2.05) is 13.8 Å². The quantitative estimate of drug-likeness (QED) is 0.807. The average Bonchev–Trinajstić information content (AvgIpc) is 2.28. The SMILES string of the molecule is CC(C)(C#N)CCCS(=O)c1c(Cl)cccc1Cl. The third-order valence-corrected chi connectivity index (χ3v) is 4.99. The Labute approximate surface area is 120 Å². The molecule has 0 saturated carbocycles. The summed E-state index contributed by atoms with van der Waals surface area (Å²) in [6.07, 6.45) is 1.41. The first-order valence-corrected chi connectivity index (χ1v) is 7.68. The Balaban J connectivity index is 2.65. The average molecular weight is 304 g/mol. The van der Waals surface area contributed by atoms with Crippen LogP contribution in [-0.4, -0.2) is 9.96 Å². The largest absolute Gasteiger partial charge is 0.254 e. The van der Waals surface area contributed by atoms with E-state index in [1.165, 1.54) is 0 Å². The molecule has 98 valence electrons. The van der Waals surface area contributed by atoms with Crippen LogP contribution in [0.15, 0.2) is 23.1 Å². The van der Waals surface area contributed by atoms with Crippen LogP contribution >= 0.6 is 23.2 Å². The van der Waals surface area contributed by atoms with Crippen LogP contribution in [0.25, 0.3) is 0 Å². The van der Waals surface area contributed by atoms with Gasteiger partial charge in [-0.1, -0.05) is 29.3 Å². The highest BCUT2D eigenvalue weighted by atomic mass is 35.5. The maximum Gasteiger partial charge on any atom is 0.0760 e. The Morgan fingerprint density at radius 2 is 1.89 bits per heavy atom. The molecule has 0 saturated heterocycles. The van der Waals surface area contributed by atoms with E-state index >= 15 is 0 Å². The lowest BCUT2D eigenvalue weighted by Gasteiger charge is -2.14. The van der Waals surface area contributed by atoms with Gasteiger partial charge in [-0.05, 0) is 38.8 Å². The lowest BCUT2D eigenvalue weighted by atomic mass is 9.90. The number of benzene rings is 1. The predicted octanol–water partition coefficient (Wildman–Crippen LogP) is 4.43. The molecule has 5 heteroatoms. The number of nitriles is 1. The van der Waals surface area contributed by atoms with E-state index in [-0.39, 0.29) is 5.41 Å². The van der Waals surface area contributed by atoms with Gasteiger partial charge in [0, 0.05) is 5.75 Å². The fraction of sp³-hybridized carbons (Fsp3) is 0.462. The molecule has 1 aromatic rings. The molecule has 1 aromatic carbocycles. The molecule has 0 spiro atoms. The Morgan fingerprint density at radius 1 is 1.33 bits per heavy atom. The summed E-state index contributed by atoms with van der Waals surface area (Å²) in [5.41, 5.74) is -0.380. The van der Waals surface area contributed by atoms with Crippen LogP contribution in [0.3, 0.4) is 0 Å². The molecule has 0 aliphatic carbocycles. The molecule has 1 rings (SSSR count). The summed E-state index contributed by atoms with van der Waals surface area (Å²) in [4.78, 5) is 0.496. The van der Waals surface area contributed by atoms with Gasteiger partial charge in [-0.2, -0.15) is 5.26 Å². The Bertz CT molecular complexity index is 474. The molecule has 0 amide bonds. The van der Waals surface area contributed by atoms with Crippen molar-refractivity contribution in [1.82, 2.24) is 0 Å². The van der Waals surface area contributed by atoms with E-state index in [0.29, 0.717) is 33.5 Å². The number of nitrogens with zero attached hydrogens (tertiary/aromatic N) is 1. The second kappa shape index (κ2) is 6.56. The molecule has 0 N–H and O–H groups in total. The zero-order valence-electron chi connectivity index (χ0n) is 10.4. The van der Waals surface area contributed by atoms with E-state index in [1.54, 1.807) is 18.2 Å². The van der Waals surface area contributed by atoms with Gasteiger partial charge in [0.1, 0.15) is 0 Å². The number of halogens is 2. The highest BCUT2D eigenvalue weighted by Crippen LogP contribution is 2.29. The monoisotopic (exact) mass is 303 g/mol. The van der Waals surface area contributed by atoms with Crippen molar-refractivity contribution >= 4 is 34.0 Å². The van der Waals surface area contributed by atoms with E-state index in [2.05, 4.69) is 6.07 Å². The van der Waals surface area contributed by atoms with Crippen molar-refractivity contribution in [1.29, 1.82) is 5.26 Å². The minimum Gasteiger partial charge on any atom is -0.254 e. The third kappa shape index (κ3) is 4.28. The summed E-state index contributed by atoms with van der Waals surface area (Å²) >= 11 is 12.0. The van der Waals surface area contributed by atoms with Gasteiger partial charge in [0.25, 0.3) is 0 Å². The molecule has 0 aliphatic rings. The molecule has 0 aromatic heterocycles. The minimum atomic E-state index is -1.22. The molecule has 0 aliphatic heterocycles. The topological polar surface area (TPSA) is 40.9 Å². The van der Waals surface area contributed by atoms with Gasteiger partial charge in [-0.25, -0.2) is 0 Å². The molecule has 0 fully saturated rings.